The van der Waals surface area contributed by atoms with E-state index in [1.165, 1.54) is 24.0 Å². The lowest BCUT2D eigenvalue weighted by Crippen LogP contribution is -2.37. The van der Waals surface area contributed by atoms with E-state index < -0.39 is 0 Å². The highest BCUT2D eigenvalue weighted by molar-refractivity contribution is 6.30. The Bertz CT molecular complexity index is 740. The summed E-state index contributed by atoms with van der Waals surface area (Å²) in [5.74, 6) is 1.73. The molecule has 1 aliphatic carbocycles. The molecule has 0 amide bonds. The van der Waals surface area contributed by atoms with Crippen LogP contribution in [0, 0.1) is 0 Å². The molecule has 2 aliphatic rings. The van der Waals surface area contributed by atoms with E-state index in [1.807, 2.05) is 24.3 Å². The van der Waals surface area contributed by atoms with E-state index >= 15 is 0 Å². The summed E-state index contributed by atoms with van der Waals surface area (Å²) in [6, 6.07) is 14.8. The zero-order valence-corrected chi connectivity index (χ0v) is 16.4. The van der Waals surface area contributed by atoms with Crippen LogP contribution in [-0.4, -0.2) is 43.8 Å². The fraction of sp³-hybridized carbons (Fsp3) is 0.455. The third-order valence-corrected chi connectivity index (χ3v) is 5.40. The van der Waals surface area contributed by atoms with Gasteiger partial charge in [-0.2, -0.15) is 0 Å². The van der Waals surface area contributed by atoms with Gasteiger partial charge in [0.05, 0.1) is 13.2 Å². The van der Waals surface area contributed by atoms with Crippen molar-refractivity contribution in [3.05, 3.63) is 58.6 Å². The van der Waals surface area contributed by atoms with Gasteiger partial charge in [0.1, 0.15) is 11.5 Å². The fourth-order valence-corrected chi connectivity index (χ4v) is 3.44. The molecule has 0 bridgehead atoms. The first-order valence-corrected chi connectivity index (χ1v) is 10.2. The first kappa shape index (κ1) is 18.8. The largest absolute Gasteiger partial charge is 0.457 e. The van der Waals surface area contributed by atoms with E-state index in [4.69, 9.17) is 21.1 Å². The third kappa shape index (κ3) is 5.69. The van der Waals surface area contributed by atoms with E-state index in [0.717, 1.165) is 62.3 Å². The molecule has 5 heteroatoms. The molecule has 0 atom stereocenters. The number of nitrogens with one attached hydrogen (secondary N) is 1. The summed E-state index contributed by atoms with van der Waals surface area (Å²) in [5.41, 5.74) is 2.58. The molecule has 1 saturated carbocycles. The van der Waals surface area contributed by atoms with Gasteiger partial charge in [0.2, 0.25) is 0 Å². The number of hydrogen-bond donors (Lipinski definition) is 1. The molecule has 4 nitrogen and oxygen atoms in total. The van der Waals surface area contributed by atoms with Gasteiger partial charge in [-0.3, -0.25) is 4.90 Å². The molecule has 2 aromatic rings. The Morgan fingerprint density at radius 2 is 1.85 bits per heavy atom. The van der Waals surface area contributed by atoms with E-state index in [9.17, 15) is 0 Å². The monoisotopic (exact) mass is 386 g/mol. The Balaban J connectivity index is 1.44. The minimum absolute atomic E-state index is 0.672. The highest BCUT2D eigenvalue weighted by Gasteiger charge is 2.21. The number of ether oxygens (including phenoxy) is 2. The van der Waals surface area contributed by atoms with Crippen molar-refractivity contribution in [3.63, 3.8) is 0 Å². The molecule has 2 aromatic carbocycles. The summed E-state index contributed by atoms with van der Waals surface area (Å²) < 4.78 is 11.6. The number of nitrogens with zero attached hydrogens (tertiary/aromatic N) is 1. The molecular weight excluding hydrogens is 360 g/mol. The van der Waals surface area contributed by atoms with Crippen LogP contribution in [0.4, 0.5) is 0 Å². The maximum atomic E-state index is 6.14. The van der Waals surface area contributed by atoms with Gasteiger partial charge in [0.25, 0.3) is 0 Å². The maximum Gasteiger partial charge on any atom is 0.131 e. The van der Waals surface area contributed by atoms with Crippen molar-refractivity contribution in [3.8, 4) is 11.5 Å². The lowest BCUT2D eigenvalue weighted by atomic mass is 10.1. The van der Waals surface area contributed by atoms with Crippen molar-refractivity contribution >= 4 is 11.6 Å². The van der Waals surface area contributed by atoms with Gasteiger partial charge in [0.15, 0.2) is 0 Å². The zero-order valence-electron chi connectivity index (χ0n) is 15.6. The Labute approximate surface area is 166 Å². The molecule has 0 aromatic heterocycles. The Morgan fingerprint density at radius 3 is 2.59 bits per heavy atom. The molecule has 1 saturated heterocycles. The van der Waals surface area contributed by atoms with Gasteiger partial charge < -0.3 is 14.8 Å². The van der Waals surface area contributed by atoms with Crippen molar-refractivity contribution in [2.75, 3.05) is 32.8 Å². The minimum Gasteiger partial charge on any atom is -0.457 e. The second-order valence-electron chi connectivity index (χ2n) is 7.36. The summed E-state index contributed by atoms with van der Waals surface area (Å²) in [6.45, 7) is 5.70. The molecule has 1 heterocycles. The lowest BCUT2D eigenvalue weighted by molar-refractivity contribution is 0.0384. The van der Waals surface area contributed by atoms with Crippen LogP contribution in [-0.2, 0) is 17.7 Å². The molecule has 0 spiro atoms. The van der Waals surface area contributed by atoms with Crippen LogP contribution >= 0.6 is 11.6 Å². The van der Waals surface area contributed by atoms with Crippen molar-refractivity contribution in [1.29, 1.82) is 0 Å². The first-order chi connectivity index (χ1) is 13.3. The van der Waals surface area contributed by atoms with Crippen molar-refractivity contribution in [1.82, 2.24) is 10.2 Å². The van der Waals surface area contributed by atoms with E-state index in [-0.39, 0.29) is 0 Å². The van der Waals surface area contributed by atoms with Crippen LogP contribution in [0.1, 0.15) is 24.0 Å². The van der Waals surface area contributed by atoms with E-state index in [1.54, 1.807) is 0 Å². The minimum atomic E-state index is 0.672. The van der Waals surface area contributed by atoms with Gasteiger partial charge in [-0.1, -0.05) is 23.7 Å². The molecule has 1 N–H and O–H groups in total. The fourth-order valence-electron chi connectivity index (χ4n) is 3.31. The molecular formula is C22H27ClN2O2. The van der Waals surface area contributed by atoms with Crippen molar-refractivity contribution < 1.29 is 9.47 Å². The molecule has 0 radical (unpaired) electrons. The third-order valence-electron chi connectivity index (χ3n) is 5.15. The molecule has 144 valence electrons. The van der Waals surface area contributed by atoms with Crippen LogP contribution in [0.2, 0.25) is 5.02 Å². The first-order valence-electron chi connectivity index (χ1n) is 9.85. The number of benzene rings is 2. The van der Waals surface area contributed by atoms with Gasteiger partial charge >= 0.3 is 0 Å². The van der Waals surface area contributed by atoms with Crippen molar-refractivity contribution in [2.45, 2.75) is 31.8 Å². The zero-order chi connectivity index (χ0) is 18.5. The molecule has 27 heavy (non-hydrogen) atoms. The van der Waals surface area contributed by atoms with Crippen LogP contribution in [0.25, 0.3) is 0 Å². The average Bonchev–Trinajstić information content (AvgIpc) is 3.53. The highest BCUT2D eigenvalue weighted by Crippen LogP contribution is 2.29. The van der Waals surface area contributed by atoms with Crippen LogP contribution in [0.15, 0.2) is 42.5 Å². The van der Waals surface area contributed by atoms with E-state index in [2.05, 4.69) is 28.4 Å². The topological polar surface area (TPSA) is 33.7 Å². The Hall–Kier alpha value is -1.59. The number of rotatable bonds is 8. The standard InChI is InChI=1S/C22H27ClN2O2/c23-19-2-6-21(7-3-19)27-22-8-1-17(9-10-25-11-13-26-14-12-25)15-18(22)16-24-20-4-5-20/h1-3,6-8,15,20,24H,4-5,9-14,16H2. The molecule has 2 fully saturated rings. The molecule has 0 unspecified atom stereocenters. The summed E-state index contributed by atoms with van der Waals surface area (Å²) in [5, 5.41) is 4.33. The highest BCUT2D eigenvalue weighted by atomic mass is 35.5. The number of hydrogen-bond acceptors (Lipinski definition) is 4. The van der Waals surface area contributed by atoms with Crippen LogP contribution in [0.3, 0.4) is 0 Å². The van der Waals surface area contributed by atoms with Crippen LogP contribution in [0.5, 0.6) is 11.5 Å². The van der Waals surface area contributed by atoms with Crippen molar-refractivity contribution in [2.24, 2.45) is 0 Å². The van der Waals surface area contributed by atoms with Crippen LogP contribution < -0.4 is 10.1 Å². The maximum absolute atomic E-state index is 6.14. The van der Waals surface area contributed by atoms with Gasteiger partial charge in [-0.25, -0.2) is 0 Å². The summed E-state index contributed by atoms with van der Waals surface area (Å²) in [6.07, 6.45) is 3.62. The Kier molecular flexibility index (Phi) is 6.30. The van der Waals surface area contributed by atoms with Gasteiger partial charge in [0, 0.05) is 42.8 Å². The summed E-state index contributed by atoms with van der Waals surface area (Å²) >= 11 is 5.98. The second-order valence-corrected chi connectivity index (χ2v) is 7.79. The number of halogens is 1. The van der Waals surface area contributed by atoms with Gasteiger partial charge in [-0.15, -0.1) is 0 Å². The SMILES string of the molecule is Clc1ccc(Oc2ccc(CCN3CCOCC3)cc2CNC2CC2)cc1. The lowest BCUT2D eigenvalue weighted by Gasteiger charge is -2.26. The van der Waals surface area contributed by atoms with E-state index in [0.29, 0.717) is 6.04 Å². The predicted molar refractivity (Wildman–Crippen MR) is 109 cm³/mol. The molecule has 1 aliphatic heterocycles. The summed E-state index contributed by atoms with van der Waals surface area (Å²) in [7, 11) is 0. The molecule has 4 rings (SSSR count). The second kappa shape index (κ2) is 9.07. The Morgan fingerprint density at radius 1 is 1.07 bits per heavy atom. The number of morpholine rings is 1. The average molecular weight is 387 g/mol. The predicted octanol–water partition coefficient (Wildman–Crippen LogP) is 4.26. The normalized spacial score (nSPS) is 17.8. The smallest absolute Gasteiger partial charge is 0.131 e. The quantitative estimate of drug-likeness (QED) is 0.735. The van der Waals surface area contributed by atoms with Gasteiger partial charge in [-0.05, 0) is 55.2 Å². The summed E-state index contributed by atoms with van der Waals surface area (Å²) in [4.78, 5) is 2.48.